The van der Waals surface area contributed by atoms with Crippen LogP contribution in [-0.4, -0.2) is 74.8 Å². The van der Waals surface area contributed by atoms with Gasteiger partial charge in [-0.25, -0.2) is 0 Å². The predicted octanol–water partition coefficient (Wildman–Crippen LogP) is 5.45. The van der Waals surface area contributed by atoms with Crippen LogP contribution >= 0.6 is 0 Å². The van der Waals surface area contributed by atoms with Crippen molar-refractivity contribution in [3.05, 3.63) is 65.2 Å². The van der Waals surface area contributed by atoms with Gasteiger partial charge in [-0.1, -0.05) is 109 Å². The minimum Gasteiger partial charge on any atom is -0.492 e. The first-order valence-electron chi connectivity index (χ1n) is 17.1. The first-order valence-corrected chi connectivity index (χ1v) is 17.1. The number of hydrogen-bond acceptors (Lipinski definition) is 6. The van der Waals surface area contributed by atoms with Crippen molar-refractivity contribution in [1.82, 2.24) is 20.9 Å². The second kappa shape index (κ2) is 29.5. The lowest BCUT2D eigenvalue weighted by atomic mass is 9.93. The Labute approximate surface area is 285 Å². The van der Waals surface area contributed by atoms with E-state index in [1.54, 1.807) is 7.05 Å². The molecule has 0 saturated carbocycles. The number of ether oxygens (including phenoxy) is 1. The molecule has 0 bridgehead atoms. The molecule has 0 saturated heterocycles. The molecule has 0 aliphatic rings. The zero-order chi connectivity index (χ0) is 36.0. The molecule has 0 heterocycles. The fourth-order valence-corrected chi connectivity index (χ4v) is 4.32. The Hall–Kier alpha value is -3.92. The van der Waals surface area contributed by atoms with Crippen molar-refractivity contribution in [3.8, 4) is 5.75 Å². The Bertz CT molecular complexity index is 1110. The third kappa shape index (κ3) is 20.7. The maximum atomic E-state index is 13.0. The molecule has 6 N–H and O–H groups in total. The maximum Gasteiger partial charge on any atom is 0.240 e. The summed E-state index contributed by atoms with van der Waals surface area (Å²) >= 11 is 0. The lowest BCUT2D eigenvalue weighted by Crippen LogP contribution is -2.52. The van der Waals surface area contributed by atoms with Gasteiger partial charge in [-0.05, 0) is 43.7 Å². The van der Waals surface area contributed by atoms with E-state index in [2.05, 4.69) is 42.8 Å². The molecule has 0 fully saturated rings. The van der Waals surface area contributed by atoms with Crippen LogP contribution < -0.4 is 26.4 Å². The highest BCUT2D eigenvalue weighted by atomic mass is 16.5. The average molecular weight is 657 g/mol. The number of benzene rings is 2. The second-order valence-corrected chi connectivity index (χ2v) is 10.7. The van der Waals surface area contributed by atoms with Crippen LogP contribution in [0.4, 0.5) is 0 Å². The van der Waals surface area contributed by atoms with Crippen LogP contribution in [0.2, 0.25) is 0 Å². The molecule has 0 aliphatic heterocycles. The summed E-state index contributed by atoms with van der Waals surface area (Å²) in [5.74, 6) is 1.07. The summed E-state index contributed by atoms with van der Waals surface area (Å²) in [4.78, 5) is 36.0. The van der Waals surface area contributed by atoms with Crippen molar-refractivity contribution in [2.24, 2.45) is 11.7 Å². The van der Waals surface area contributed by atoms with Gasteiger partial charge in [-0.15, -0.1) is 0 Å². The number of likely N-dealkylation sites (N-methyl/N-ethyl adjacent to an activating group) is 1. The van der Waals surface area contributed by atoms with Gasteiger partial charge in [0.15, 0.2) is 0 Å². The second-order valence-electron chi connectivity index (χ2n) is 10.7. The minimum atomic E-state index is -0.320. The molecule has 0 aromatic heterocycles. The normalized spacial score (nSPS) is 10.4. The standard InChI is InChI=1S/C23H39N3O3.C8H10N2.C4H9NO.C2H6/c1-6-14-24-21(27)17-26(5)23(28)22(18(7-2)8-3)25-15-16-29-20-13-11-10-12-19(20)9-4;1-6-2-4-7(5-3-6)8(9)10;1-2-3-5-4-6;1-2/h10-13,18,22,25H,6-9,14-17H2,1-5H3,(H,24,27);2-5H,1H3,(H3,9,10);4H,2-3H2,1H3,(H,5,6);1-2H3. The molecule has 47 heavy (non-hydrogen) atoms. The van der Waals surface area contributed by atoms with Crippen molar-refractivity contribution >= 4 is 24.1 Å². The highest BCUT2D eigenvalue weighted by Gasteiger charge is 2.28. The van der Waals surface area contributed by atoms with Crippen LogP contribution in [0, 0.1) is 18.3 Å². The van der Waals surface area contributed by atoms with Crippen molar-refractivity contribution in [1.29, 1.82) is 5.41 Å². The number of carbonyl (C=O) groups excluding carboxylic acids is 3. The van der Waals surface area contributed by atoms with Gasteiger partial charge in [-0.3, -0.25) is 19.8 Å². The van der Waals surface area contributed by atoms with Crippen molar-refractivity contribution in [3.63, 3.8) is 0 Å². The highest BCUT2D eigenvalue weighted by Crippen LogP contribution is 2.18. The van der Waals surface area contributed by atoms with Gasteiger partial charge in [0, 0.05) is 32.2 Å². The van der Waals surface area contributed by atoms with Gasteiger partial charge >= 0.3 is 0 Å². The molecule has 3 amide bonds. The van der Waals surface area contributed by atoms with Crippen molar-refractivity contribution < 1.29 is 19.1 Å². The Kier molecular flexibility index (Phi) is 28.4. The van der Waals surface area contributed by atoms with E-state index in [1.165, 1.54) is 16.0 Å². The average Bonchev–Trinajstić information content (AvgIpc) is 3.09. The summed E-state index contributed by atoms with van der Waals surface area (Å²) in [5.41, 5.74) is 8.39. The summed E-state index contributed by atoms with van der Waals surface area (Å²) in [5, 5.41) is 15.8. The van der Waals surface area contributed by atoms with Crippen LogP contribution in [0.3, 0.4) is 0 Å². The van der Waals surface area contributed by atoms with E-state index in [4.69, 9.17) is 15.9 Å². The van der Waals surface area contributed by atoms with Crippen LogP contribution in [-0.2, 0) is 20.8 Å². The first kappa shape index (κ1) is 45.2. The molecule has 2 aromatic carbocycles. The molecule has 266 valence electrons. The summed E-state index contributed by atoms with van der Waals surface area (Å²) in [7, 11) is 1.69. The molecule has 2 aromatic rings. The van der Waals surface area contributed by atoms with Gasteiger partial charge in [-0.2, -0.15) is 0 Å². The molecule has 0 radical (unpaired) electrons. The third-order valence-electron chi connectivity index (χ3n) is 7.03. The first-order chi connectivity index (χ1) is 22.6. The van der Waals surface area contributed by atoms with Gasteiger partial charge in [0.2, 0.25) is 18.2 Å². The SMILES string of the molecule is CC.CCCNC(=O)CN(C)C(=O)C(NCCOc1ccccc1CC)C(CC)CC.CCCNC=O.Cc1ccc(C(=N)N)cc1. The van der Waals surface area contributed by atoms with Crippen LogP contribution in [0.1, 0.15) is 90.8 Å². The number of nitrogens with zero attached hydrogens (tertiary/aromatic N) is 1. The van der Waals surface area contributed by atoms with Crippen LogP contribution in [0.15, 0.2) is 48.5 Å². The number of hydrogen-bond donors (Lipinski definition) is 5. The van der Waals surface area contributed by atoms with Gasteiger partial charge in [0.05, 0.1) is 12.6 Å². The van der Waals surface area contributed by atoms with Crippen LogP contribution in [0.25, 0.3) is 0 Å². The van der Waals surface area contributed by atoms with Crippen molar-refractivity contribution in [2.45, 2.75) is 93.5 Å². The van der Waals surface area contributed by atoms with E-state index in [0.717, 1.165) is 50.0 Å². The largest absolute Gasteiger partial charge is 0.492 e. The zero-order valence-corrected chi connectivity index (χ0v) is 30.6. The number of para-hydroxylation sites is 1. The summed E-state index contributed by atoms with van der Waals surface area (Å²) < 4.78 is 5.92. The Morgan fingerprint density at radius 2 is 1.53 bits per heavy atom. The summed E-state index contributed by atoms with van der Waals surface area (Å²) in [6.45, 7) is 18.9. The zero-order valence-electron chi connectivity index (χ0n) is 30.6. The Morgan fingerprint density at radius 3 is 2.02 bits per heavy atom. The number of nitrogens with two attached hydrogens (primary N) is 1. The highest BCUT2D eigenvalue weighted by molar-refractivity contribution is 5.94. The minimum absolute atomic E-state index is 0.0423. The Balaban J connectivity index is 0. The van der Waals surface area contributed by atoms with Gasteiger partial charge < -0.3 is 31.3 Å². The molecular formula is C37H64N6O4. The van der Waals surface area contributed by atoms with Gasteiger partial charge in [0.25, 0.3) is 0 Å². The molecule has 1 atom stereocenters. The lowest BCUT2D eigenvalue weighted by molar-refractivity contribution is -0.137. The Morgan fingerprint density at radius 1 is 0.936 bits per heavy atom. The summed E-state index contributed by atoms with van der Waals surface area (Å²) in [6, 6.07) is 15.3. The molecule has 10 heteroatoms. The summed E-state index contributed by atoms with van der Waals surface area (Å²) in [6.07, 6.45) is 5.32. The number of amidine groups is 1. The van der Waals surface area contributed by atoms with Crippen LogP contribution in [0.5, 0.6) is 5.75 Å². The lowest BCUT2D eigenvalue weighted by Gasteiger charge is -2.29. The fourth-order valence-electron chi connectivity index (χ4n) is 4.32. The number of nitrogens with one attached hydrogen (secondary N) is 4. The van der Waals surface area contributed by atoms with E-state index in [0.29, 0.717) is 26.1 Å². The van der Waals surface area contributed by atoms with E-state index in [-0.39, 0.29) is 36.2 Å². The smallest absolute Gasteiger partial charge is 0.240 e. The molecule has 1 unspecified atom stereocenters. The monoisotopic (exact) mass is 656 g/mol. The molecule has 0 aliphatic carbocycles. The molecule has 10 nitrogen and oxygen atoms in total. The van der Waals surface area contributed by atoms with E-state index < -0.39 is 0 Å². The predicted molar refractivity (Wildman–Crippen MR) is 196 cm³/mol. The number of rotatable bonds is 18. The molecule has 2 rings (SSSR count). The van der Waals surface area contributed by atoms with E-state index in [9.17, 15) is 14.4 Å². The van der Waals surface area contributed by atoms with E-state index >= 15 is 0 Å². The van der Waals surface area contributed by atoms with E-state index in [1.807, 2.05) is 77.1 Å². The quantitative estimate of drug-likeness (QED) is 0.0623. The third-order valence-corrected chi connectivity index (χ3v) is 7.03. The van der Waals surface area contributed by atoms with Crippen molar-refractivity contribution in [2.75, 3.05) is 39.8 Å². The van der Waals surface area contributed by atoms with Gasteiger partial charge in [0.1, 0.15) is 18.2 Å². The fraction of sp³-hybridized carbons (Fsp3) is 0.568. The number of aryl methyl sites for hydroxylation is 2. The maximum absolute atomic E-state index is 13.0. The number of nitrogen functional groups attached to an aromatic ring is 1. The molecular weight excluding hydrogens is 592 g/mol. The number of amides is 3. The molecule has 0 spiro atoms. The topological polar surface area (TPSA) is 150 Å². The number of carbonyl (C=O) groups is 3.